The lowest BCUT2D eigenvalue weighted by Gasteiger charge is -2.32. The summed E-state index contributed by atoms with van der Waals surface area (Å²) in [5.74, 6) is 0.748. The van der Waals surface area contributed by atoms with Crippen molar-refractivity contribution in [1.82, 2.24) is 10.2 Å². The number of methoxy groups -OCH3 is 1. The number of ether oxygens (including phenoxy) is 2. The van der Waals surface area contributed by atoms with Gasteiger partial charge < -0.3 is 19.7 Å². The van der Waals surface area contributed by atoms with Crippen LogP contribution in [0.3, 0.4) is 0 Å². The Labute approximate surface area is 233 Å². The second-order valence-electron chi connectivity index (χ2n) is 9.45. The third-order valence-corrected chi connectivity index (χ3v) is 7.66. The lowest BCUT2D eigenvalue weighted by atomic mass is 10.1. The molecule has 0 aliphatic rings. The van der Waals surface area contributed by atoms with Gasteiger partial charge in [0.2, 0.25) is 21.8 Å². The van der Waals surface area contributed by atoms with Crippen LogP contribution < -0.4 is 19.1 Å². The molecule has 2 amide bonds. The molecule has 216 valence electrons. The van der Waals surface area contributed by atoms with E-state index in [1.54, 1.807) is 36.3 Å². The molecule has 2 aromatic carbocycles. The van der Waals surface area contributed by atoms with Crippen molar-refractivity contribution in [2.45, 2.75) is 72.0 Å². The van der Waals surface area contributed by atoms with Gasteiger partial charge in [0, 0.05) is 25.6 Å². The van der Waals surface area contributed by atoms with Crippen LogP contribution in [-0.4, -0.2) is 63.7 Å². The SMILES string of the molecule is CCOc1ccccc1N(CCCC(=O)N(Cc1ccc(OC)cc1)C(CC)C(=O)NC(C)CC)S(C)(=O)=O. The molecule has 2 atom stereocenters. The van der Waals surface area contributed by atoms with Gasteiger partial charge in [-0.05, 0) is 62.9 Å². The maximum atomic E-state index is 13.6. The van der Waals surface area contributed by atoms with Crippen LogP contribution in [0.2, 0.25) is 0 Å². The van der Waals surface area contributed by atoms with Crippen LogP contribution in [0.25, 0.3) is 0 Å². The minimum atomic E-state index is -3.63. The van der Waals surface area contributed by atoms with E-state index in [2.05, 4.69) is 5.32 Å². The number of nitrogens with zero attached hydrogens (tertiary/aromatic N) is 2. The largest absolute Gasteiger partial charge is 0.497 e. The van der Waals surface area contributed by atoms with Crippen LogP contribution in [0.1, 0.15) is 58.9 Å². The number of rotatable bonds is 16. The van der Waals surface area contributed by atoms with Gasteiger partial charge in [-0.25, -0.2) is 8.42 Å². The van der Waals surface area contributed by atoms with E-state index in [9.17, 15) is 18.0 Å². The van der Waals surface area contributed by atoms with Gasteiger partial charge >= 0.3 is 0 Å². The van der Waals surface area contributed by atoms with E-state index < -0.39 is 16.1 Å². The number of hydrogen-bond acceptors (Lipinski definition) is 6. The Morgan fingerprint density at radius 2 is 1.67 bits per heavy atom. The standard InChI is InChI=1S/C29H43N3O6S/c1-7-22(4)30-29(34)25(8-2)31(21-23-16-18-24(37-5)19-17-23)28(33)15-12-20-32(39(6,35)36)26-13-10-11-14-27(26)38-9-3/h10-11,13-14,16-19,22,25H,7-9,12,15,20-21H2,1-6H3,(H,30,34). The van der Waals surface area contributed by atoms with Crippen LogP contribution in [0.15, 0.2) is 48.5 Å². The number of carbonyl (C=O) groups excluding carboxylic acids is 2. The molecule has 2 unspecified atom stereocenters. The zero-order valence-corrected chi connectivity index (χ0v) is 24.8. The first kappa shape index (κ1) is 31.9. The summed E-state index contributed by atoms with van der Waals surface area (Å²) in [6.45, 7) is 8.37. The summed E-state index contributed by atoms with van der Waals surface area (Å²) in [6, 6.07) is 13.6. The Morgan fingerprint density at radius 3 is 2.23 bits per heavy atom. The smallest absolute Gasteiger partial charge is 0.243 e. The summed E-state index contributed by atoms with van der Waals surface area (Å²) < 4.78 is 37.5. The van der Waals surface area contributed by atoms with Crippen LogP contribution >= 0.6 is 0 Å². The van der Waals surface area contributed by atoms with Gasteiger partial charge in [0.05, 0.1) is 25.7 Å². The molecule has 0 fully saturated rings. The van der Waals surface area contributed by atoms with Gasteiger partial charge in [-0.15, -0.1) is 0 Å². The lowest BCUT2D eigenvalue weighted by molar-refractivity contribution is -0.141. The first-order valence-electron chi connectivity index (χ1n) is 13.5. The Hall–Kier alpha value is -3.27. The first-order chi connectivity index (χ1) is 18.5. The topological polar surface area (TPSA) is 105 Å². The van der Waals surface area contributed by atoms with E-state index in [0.717, 1.165) is 18.2 Å². The number of anilines is 1. The fourth-order valence-electron chi connectivity index (χ4n) is 4.21. The van der Waals surface area contributed by atoms with E-state index in [4.69, 9.17) is 9.47 Å². The Balaban J connectivity index is 2.26. The van der Waals surface area contributed by atoms with E-state index in [1.165, 1.54) is 4.31 Å². The average Bonchev–Trinajstić information content (AvgIpc) is 2.91. The molecule has 0 bridgehead atoms. The molecule has 0 aliphatic heterocycles. The molecule has 0 heterocycles. The van der Waals surface area contributed by atoms with Gasteiger partial charge in [0.15, 0.2) is 0 Å². The number of carbonyl (C=O) groups is 2. The van der Waals surface area contributed by atoms with Crippen molar-refractivity contribution in [3.05, 3.63) is 54.1 Å². The summed E-state index contributed by atoms with van der Waals surface area (Å²) in [6.07, 6.45) is 2.71. The quantitative estimate of drug-likeness (QED) is 0.327. The van der Waals surface area contributed by atoms with E-state index in [1.807, 2.05) is 52.0 Å². The highest BCUT2D eigenvalue weighted by Gasteiger charge is 2.29. The molecule has 10 heteroatoms. The van der Waals surface area contributed by atoms with Gasteiger partial charge in [0.25, 0.3) is 0 Å². The molecule has 39 heavy (non-hydrogen) atoms. The molecule has 2 rings (SSSR count). The summed E-state index contributed by atoms with van der Waals surface area (Å²) >= 11 is 0. The zero-order chi connectivity index (χ0) is 29.0. The highest BCUT2D eigenvalue weighted by atomic mass is 32.2. The summed E-state index contributed by atoms with van der Waals surface area (Å²) in [5, 5.41) is 3.00. The highest BCUT2D eigenvalue weighted by molar-refractivity contribution is 7.92. The summed E-state index contributed by atoms with van der Waals surface area (Å²) in [4.78, 5) is 28.3. The van der Waals surface area contributed by atoms with E-state index in [0.29, 0.717) is 30.2 Å². The minimum absolute atomic E-state index is 0.0155. The molecule has 1 N–H and O–H groups in total. The Bertz CT molecular complexity index is 1170. The van der Waals surface area contributed by atoms with Crippen LogP contribution in [0.4, 0.5) is 5.69 Å². The number of benzene rings is 2. The molecular weight excluding hydrogens is 518 g/mol. The molecule has 9 nitrogen and oxygen atoms in total. The zero-order valence-electron chi connectivity index (χ0n) is 24.0. The number of sulfonamides is 1. The van der Waals surface area contributed by atoms with Crippen LogP contribution in [-0.2, 0) is 26.2 Å². The third-order valence-electron chi connectivity index (χ3n) is 6.48. The molecule has 2 aromatic rings. The minimum Gasteiger partial charge on any atom is -0.497 e. The molecule has 0 aromatic heterocycles. The fourth-order valence-corrected chi connectivity index (χ4v) is 5.18. The van der Waals surface area contributed by atoms with Crippen molar-refractivity contribution >= 4 is 27.5 Å². The molecular formula is C29H43N3O6S. The molecule has 0 saturated heterocycles. The molecule has 0 spiro atoms. The first-order valence-corrected chi connectivity index (χ1v) is 15.3. The fraction of sp³-hybridized carbons (Fsp3) is 0.517. The maximum absolute atomic E-state index is 13.6. The van der Waals surface area contributed by atoms with Crippen molar-refractivity contribution in [3.8, 4) is 11.5 Å². The van der Waals surface area contributed by atoms with Crippen molar-refractivity contribution in [3.63, 3.8) is 0 Å². The molecule has 0 saturated carbocycles. The highest BCUT2D eigenvalue weighted by Crippen LogP contribution is 2.30. The summed E-state index contributed by atoms with van der Waals surface area (Å²) in [5.41, 5.74) is 1.30. The van der Waals surface area contributed by atoms with Crippen molar-refractivity contribution in [1.29, 1.82) is 0 Å². The van der Waals surface area contributed by atoms with Gasteiger partial charge in [0.1, 0.15) is 17.5 Å². The lowest BCUT2D eigenvalue weighted by Crippen LogP contribution is -2.50. The van der Waals surface area contributed by atoms with Crippen molar-refractivity contribution in [2.75, 3.05) is 30.8 Å². The number of hydrogen-bond donors (Lipinski definition) is 1. The summed E-state index contributed by atoms with van der Waals surface area (Å²) in [7, 11) is -2.04. The second-order valence-corrected chi connectivity index (χ2v) is 11.4. The Kier molecular flexibility index (Phi) is 12.6. The van der Waals surface area contributed by atoms with Crippen molar-refractivity contribution < 1.29 is 27.5 Å². The number of para-hydroxylation sites is 2. The normalized spacial score (nSPS) is 12.8. The number of amides is 2. The maximum Gasteiger partial charge on any atom is 0.243 e. The van der Waals surface area contributed by atoms with E-state index in [-0.39, 0.29) is 43.8 Å². The van der Waals surface area contributed by atoms with Crippen LogP contribution in [0.5, 0.6) is 11.5 Å². The Morgan fingerprint density at radius 1 is 1.00 bits per heavy atom. The predicted molar refractivity (Wildman–Crippen MR) is 155 cm³/mol. The van der Waals surface area contributed by atoms with Crippen molar-refractivity contribution in [2.24, 2.45) is 0 Å². The third kappa shape index (κ3) is 9.45. The van der Waals surface area contributed by atoms with Gasteiger partial charge in [-0.3, -0.25) is 13.9 Å². The second kappa shape index (κ2) is 15.4. The molecule has 0 aliphatic carbocycles. The van der Waals surface area contributed by atoms with Gasteiger partial charge in [-0.1, -0.05) is 38.1 Å². The average molecular weight is 562 g/mol. The molecule has 0 radical (unpaired) electrons. The van der Waals surface area contributed by atoms with Crippen LogP contribution in [0, 0.1) is 0 Å². The monoisotopic (exact) mass is 561 g/mol. The van der Waals surface area contributed by atoms with Gasteiger partial charge in [-0.2, -0.15) is 0 Å². The van der Waals surface area contributed by atoms with E-state index >= 15 is 0 Å². The predicted octanol–water partition coefficient (Wildman–Crippen LogP) is 4.36. The number of nitrogens with one attached hydrogen (secondary N) is 1.